The van der Waals surface area contributed by atoms with E-state index in [4.69, 9.17) is 0 Å². The monoisotopic (exact) mass is 326 g/mol. The van der Waals surface area contributed by atoms with Gasteiger partial charge in [-0.2, -0.15) is 0 Å². The van der Waals surface area contributed by atoms with Gasteiger partial charge in [0, 0.05) is 23.9 Å². The first-order valence-electron chi connectivity index (χ1n) is 8.43. The second kappa shape index (κ2) is 6.23. The maximum Gasteiger partial charge on any atom is 0.277 e. The highest BCUT2D eigenvalue weighted by molar-refractivity contribution is 6.08. The summed E-state index contributed by atoms with van der Waals surface area (Å²) in [6, 6.07) is 10.5. The minimum atomic E-state index is -0.373. The Balaban J connectivity index is 2.09. The SMILES string of the molecule is CCC(C)C1CN(c2ccc([N+](=O)[O-])c3ccccc23)C(=O)C1C. The maximum absolute atomic E-state index is 12.8. The summed E-state index contributed by atoms with van der Waals surface area (Å²) in [6.07, 6.45) is 1.04. The number of fused-ring (bicyclic) bond motifs is 1. The first-order chi connectivity index (χ1) is 11.5. The molecule has 2 aromatic rings. The van der Waals surface area contributed by atoms with Gasteiger partial charge >= 0.3 is 0 Å². The topological polar surface area (TPSA) is 63.4 Å². The largest absolute Gasteiger partial charge is 0.311 e. The van der Waals surface area contributed by atoms with E-state index in [1.807, 2.05) is 24.0 Å². The van der Waals surface area contributed by atoms with Crippen molar-refractivity contribution in [2.24, 2.45) is 17.8 Å². The fourth-order valence-corrected chi connectivity index (χ4v) is 3.74. The van der Waals surface area contributed by atoms with Crippen molar-refractivity contribution >= 4 is 28.1 Å². The predicted octanol–water partition coefficient (Wildman–Crippen LogP) is 4.39. The summed E-state index contributed by atoms with van der Waals surface area (Å²) in [5.41, 5.74) is 0.853. The van der Waals surface area contributed by atoms with Crippen molar-refractivity contribution in [2.45, 2.75) is 27.2 Å². The lowest BCUT2D eigenvalue weighted by Crippen LogP contribution is -2.26. The molecule has 0 spiro atoms. The Kier molecular flexibility index (Phi) is 4.26. The standard InChI is InChI=1S/C19H22N2O3/c1-4-12(2)16-11-20(19(22)13(16)3)17-9-10-18(21(23)24)15-8-6-5-7-14(15)17/h5-10,12-13,16H,4,11H2,1-3H3. The molecular weight excluding hydrogens is 304 g/mol. The predicted molar refractivity (Wildman–Crippen MR) is 95.1 cm³/mol. The number of hydrogen-bond acceptors (Lipinski definition) is 3. The Hall–Kier alpha value is -2.43. The van der Waals surface area contributed by atoms with Gasteiger partial charge in [0.25, 0.3) is 5.69 Å². The molecule has 0 aromatic heterocycles. The zero-order chi connectivity index (χ0) is 17.4. The van der Waals surface area contributed by atoms with Crippen LogP contribution in [0, 0.1) is 27.9 Å². The third kappa shape index (κ3) is 2.54. The third-order valence-corrected chi connectivity index (χ3v) is 5.43. The van der Waals surface area contributed by atoms with Crippen molar-refractivity contribution in [1.29, 1.82) is 0 Å². The third-order valence-electron chi connectivity index (χ3n) is 5.43. The summed E-state index contributed by atoms with van der Waals surface area (Å²) < 4.78 is 0. The Morgan fingerprint density at radius 3 is 2.54 bits per heavy atom. The van der Waals surface area contributed by atoms with Crippen LogP contribution in [0.15, 0.2) is 36.4 Å². The molecule has 0 aliphatic carbocycles. The molecule has 1 aliphatic heterocycles. The van der Waals surface area contributed by atoms with Crippen molar-refractivity contribution < 1.29 is 9.72 Å². The first kappa shape index (κ1) is 16.4. The zero-order valence-electron chi connectivity index (χ0n) is 14.2. The molecule has 2 aromatic carbocycles. The molecule has 1 aliphatic rings. The molecule has 1 heterocycles. The maximum atomic E-state index is 12.8. The molecule has 3 rings (SSSR count). The molecule has 1 saturated heterocycles. The van der Waals surface area contributed by atoms with Crippen LogP contribution in [0.3, 0.4) is 0 Å². The molecule has 0 saturated carbocycles. The van der Waals surface area contributed by atoms with Gasteiger partial charge in [0.2, 0.25) is 5.91 Å². The summed E-state index contributed by atoms with van der Waals surface area (Å²) in [5.74, 6) is 0.878. The molecule has 5 nitrogen and oxygen atoms in total. The van der Waals surface area contributed by atoms with Gasteiger partial charge in [-0.15, -0.1) is 0 Å². The van der Waals surface area contributed by atoms with Crippen LogP contribution in [0.4, 0.5) is 11.4 Å². The molecule has 3 atom stereocenters. The van der Waals surface area contributed by atoms with Gasteiger partial charge in [0.15, 0.2) is 0 Å². The van der Waals surface area contributed by atoms with E-state index in [1.54, 1.807) is 18.2 Å². The summed E-state index contributed by atoms with van der Waals surface area (Å²) in [7, 11) is 0. The number of anilines is 1. The van der Waals surface area contributed by atoms with Crippen molar-refractivity contribution in [1.82, 2.24) is 0 Å². The summed E-state index contributed by atoms with van der Waals surface area (Å²) >= 11 is 0. The smallest absolute Gasteiger partial charge is 0.277 e. The van der Waals surface area contributed by atoms with Gasteiger partial charge in [-0.1, -0.05) is 45.4 Å². The number of nitro groups is 1. The number of carbonyl (C=O) groups is 1. The minimum absolute atomic E-state index is 0.0195. The average molecular weight is 326 g/mol. The van der Waals surface area contributed by atoms with Crippen LogP contribution < -0.4 is 4.90 Å². The van der Waals surface area contributed by atoms with Crippen LogP contribution in [0.5, 0.6) is 0 Å². The van der Waals surface area contributed by atoms with Gasteiger partial charge in [-0.3, -0.25) is 14.9 Å². The van der Waals surface area contributed by atoms with E-state index in [-0.39, 0.29) is 22.4 Å². The van der Waals surface area contributed by atoms with Crippen molar-refractivity contribution in [3.8, 4) is 0 Å². The van der Waals surface area contributed by atoms with E-state index in [9.17, 15) is 14.9 Å². The van der Waals surface area contributed by atoms with Crippen LogP contribution in [0.25, 0.3) is 10.8 Å². The number of rotatable bonds is 4. The van der Waals surface area contributed by atoms with Crippen molar-refractivity contribution in [2.75, 3.05) is 11.4 Å². The number of amides is 1. The lowest BCUT2D eigenvalue weighted by molar-refractivity contribution is -0.383. The first-order valence-corrected chi connectivity index (χ1v) is 8.43. The molecule has 24 heavy (non-hydrogen) atoms. The minimum Gasteiger partial charge on any atom is -0.311 e. The fourth-order valence-electron chi connectivity index (χ4n) is 3.74. The molecule has 1 amide bonds. The molecule has 0 N–H and O–H groups in total. The van der Waals surface area contributed by atoms with Crippen LogP contribution in [-0.2, 0) is 4.79 Å². The van der Waals surface area contributed by atoms with Crippen LogP contribution >= 0.6 is 0 Å². The summed E-state index contributed by atoms with van der Waals surface area (Å²) in [6.45, 7) is 7.00. The van der Waals surface area contributed by atoms with E-state index in [1.165, 1.54) is 6.07 Å². The number of nitro benzene ring substituents is 1. The molecule has 0 bridgehead atoms. The van der Waals surface area contributed by atoms with Gasteiger partial charge in [-0.25, -0.2) is 0 Å². The molecule has 3 unspecified atom stereocenters. The highest BCUT2D eigenvalue weighted by atomic mass is 16.6. The molecule has 1 fully saturated rings. The average Bonchev–Trinajstić information content (AvgIpc) is 2.88. The van der Waals surface area contributed by atoms with Gasteiger partial charge in [0.05, 0.1) is 16.0 Å². The second-order valence-corrected chi connectivity index (χ2v) is 6.69. The van der Waals surface area contributed by atoms with Crippen LogP contribution in [0.1, 0.15) is 27.2 Å². The van der Waals surface area contributed by atoms with Gasteiger partial charge in [-0.05, 0) is 24.0 Å². The van der Waals surface area contributed by atoms with E-state index in [2.05, 4.69) is 13.8 Å². The second-order valence-electron chi connectivity index (χ2n) is 6.69. The molecular formula is C19H22N2O3. The summed E-state index contributed by atoms with van der Waals surface area (Å²) in [4.78, 5) is 25.5. The fraction of sp³-hybridized carbons (Fsp3) is 0.421. The Labute approximate surface area is 141 Å². The Morgan fingerprint density at radius 2 is 1.92 bits per heavy atom. The lowest BCUT2D eigenvalue weighted by Gasteiger charge is -2.21. The number of hydrogen-bond donors (Lipinski definition) is 0. The number of non-ortho nitro benzene ring substituents is 1. The van der Waals surface area contributed by atoms with Crippen molar-refractivity contribution in [3.05, 3.63) is 46.5 Å². The zero-order valence-corrected chi connectivity index (χ0v) is 14.2. The molecule has 5 heteroatoms. The van der Waals surface area contributed by atoms with Crippen LogP contribution in [-0.4, -0.2) is 17.4 Å². The van der Waals surface area contributed by atoms with E-state index in [0.717, 1.165) is 17.5 Å². The normalized spacial score (nSPS) is 22.1. The van der Waals surface area contributed by atoms with Gasteiger partial charge < -0.3 is 4.90 Å². The molecule has 126 valence electrons. The highest BCUT2D eigenvalue weighted by Crippen LogP contribution is 2.39. The van der Waals surface area contributed by atoms with Crippen molar-refractivity contribution in [3.63, 3.8) is 0 Å². The Morgan fingerprint density at radius 1 is 1.25 bits per heavy atom. The summed E-state index contributed by atoms with van der Waals surface area (Å²) in [5, 5.41) is 12.6. The van der Waals surface area contributed by atoms with E-state index >= 15 is 0 Å². The molecule has 0 radical (unpaired) electrons. The van der Waals surface area contributed by atoms with Crippen LogP contribution in [0.2, 0.25) is 0 Å². The number of benzene rings is 2. The highest BCUT2D eigenvalue weighted by Gasteiger charge is 2.40. The quantitative estimate of drug-likeness (QED) is 0.618. The number of carbonyl (C=O) groups excluding carboxylic acids is 1. The van der Waals surface area contributed by atoms with E-state index < -0.39 is 0 Å². The lowest BCUT2D eigenvalue weighted by atomic mass is 9.84. The van der Waals surface area contributed by atoms with Gasteiger partial charge in [0.1, 0.15) is 0 Å². The number of nitrogens with zero attached hydrogens (tertiary/aromatic N) is 2. The Bertz CT molecular complexity index is 802. The van der Waals surface area contributed by atoms with E-state index in [0.29, 0.717) is 23.8 Å².